The average molecular weight is 262 g/mol. The van der Waals surface area contributed by atoms with Crippen LogP contribution in [0.2, 0.25) is 0 Å². The summed E-state index contributed by atoms with van der Waals surface area (Å²) in [5.74, 6) is 0. The van der Waals surface area contributed by atoms with E-state index in [1.807, 2.05) is 54.3 Å². The van der Waals surface area contributed by atoms with Gasteiger partial charge in [-0.1, -0.05) is 12.1 Å². The summed E-state index contributed by atoms with van der Waals surface area (Å²) in [6, 6.07) is 16.1. The van der Waals surface area contributed by atoms with Crippen molar-refractivity contribution in [3.63, 3.8) is 0 Å². The van der Waals surface area contributed by atoms with Crippen LogP contribution in [0, 0.1) is 11.3 Å². The molecule has 0 amide bonds. The number of anilines is 2. The number of nitriles is 1. The van der Waals surface area contributed by atoms with Gasteiger partial charge in [0.15, 0.2) is 0 Å². The summed E-state index contributed by atoms with van der Waals surface area (Å²) >= 11 is 0. The fourth-order valence-electron chi connectivity index (χ4n) is 2.17. The molecule has 0 bridgehead atoms. The Kier molecular flexibility index (Phi) is 3.10. The quantitative estimate of drug-likeness (QED) is 0.787. The fraction of sp³-hybridized carbons (Fsp3) is 0.125. The van der Waals surface area contributed by atoms with Crippen molar-refractivity contribution in [2.45, 2.75) is 6.42 Å². The SMILES string of the molecule is Cn1cnc2ccc(Nc3ccc(CC#N)cc3)cc21. The first-order valence-corrected chi connectivity index (χ1v) is 6.40. The van der Waals surface area contributed by atoms with Gasteiger partial charge in [0.05, 0.1) is 29.9 Å². The van der Waals surface area contributed by atoms with Gasteiger partial charge in [-0.2, -0.15) is 5.26 Å². The van der Waals surface area contributed by atoms with E-state index in [1.165, 1.54) is 0 Å². The van der Waals surface area contributed by atoms with Gasteiger partial charge >= 0.3 is 0 Å². The molecule has 20 heavy (non-hydrogen) atoms. The molecule has 1 aromatic heterocycles. The van der Waals surface area contributed by atoms with E-state index >= 15 is 0 Å². The van der Waals surface area contributed by atoms with Crippen LogP contribution in [0.3, 0.4) is 0 Å². The molecule has 4 heteroatoms. The zero-order chi connectivity index (χ0) is 13.9. The molecule has 3 rings (SSSR count). The molecular formula is C16H14N4. The normalized spacial score (nSPS) is 10.4. The van der Waals surface area contributed by atoms with E-state index in [1.54, 1.807) is 0 Å². The number of fused-ring (bicyclic) bond motifs is 1. The van der Waals surface area contributed by atoms with Gasteiger partial charge in [0.1, 0.15) is 0 Å². The van der Waals surface area contributed by atoms with Crippen LogP contribution in [0.15, 0.2) is 48.8 Å². The molecule has 2 aromatic carbocycles. The first kappa shape index (κ1) is 12.2. The Morgan fingerprint density at radius 3 is 2.65 bits per heavy atom. The fourth-order valence-corrected chi connectivity index (χ4v) is 2.17. The van der Waals surface area contributed by atoms with Crippen LogP contribution < -0.4 is 5.32 Å². The lowest BCUT2D eigenvalue weighted by Crippen LogP contribution is -1.92. The molecule has 1 heterocycles. The van der Waals surface area contributed by atoms with Crippen LogP contribution in [0.5, 0.6) is 0 Å². The zero-order valence-electron chi connectivity index (χ0n) is 11.2. The molecular weight excluding hydrogens is 248 g/mol. The van der Waals surface area contributed by atoms with E-state index < -0.39 is 0 Å². The number of hydrogen-bond acceptors (Lipinski definition) is 3. The Labute approximate surface area is 117 Å². The lowest BCUT2D eigenvalue weighted by molar-refractivity contribution is 0.948. The molecule has 3 aromatic rings. The van der Waals surface area contributed by atoms with Crippen molar-refractivity contribution in [1.82, 2.24) is 9.55 Å². The maximum absolute atomic E-state index is 8.66. The van der Waals surface area contributed by atoms with E-state index in [-0.39, 0.29) is 0 Å². The number of benzene rings is 2. The largest absolute Gasteiger partial charge is 0.355 e. The van der Waals surface area contributed by atoms with Gasteiger partial charge in [-0.25, -0.2) is 4.98 Å². The van der Waals surface area contributed by atoms with Crippen molar-refractivity contribution in [3.05, 3.63) is 54.4 Å². The first-order chi connectivity index (χ1) is 9.76. The lowest BCUT2D eigenvalue weighted by Gasteiger charge is -2.07. The zero-order valence-corrected chi connectivity index (χ0v) is 11.2. The van der Waals surface area contributed by atoms with Crippen molar-refractivity contribution in [3.8, 4) is 6.07 Å². The third-order valence-electron chi connectivity index (χ3n) is 3.25. The summed E-state index contributed by atoms with van der Waals surface area (Å²) in [5.41, 5.74) is 5.14. The first-order valence-electron chi connectivity index (χ1n) is 6.40. The van der Waals surface area contributed by atoms with Gasteiger partial charge in [-0.3, -0.25) is 0 Å². The topological polar surface area (TPSA) is 53.6 Å². The standard InChI is InChI=1S/C16H14N4/c1-20-11-18-15-7-6-14(10-16(15)20)19-13-4-2-12(3-5-13)8-9-17/h2-7,10-11,19H,8H2,1H3. The van der Waals surface area contributed by atoms with Gasteiger partial charge in [0, 0.05) is 18.4 Å². The van der Waals surface area contributed by atoms with E-state index in [9.17, 15) is 0 Å². The molecule has 0 aliphatic rings. The summed E-state index contributed by atoms with van der Waals surface area (Å²) in [7, 11) is 1.98. The Bertz CT molecular complexity index is 778. The van der Waals surface area contributed by atoms with Crippen molar-refractivity contribution < 1.29 is 0 Å². The van der Waals surface area contributed by atoms with Gasteiger partial charge in [-0.15, -0.1) is 0 Å². The van der Waals surface area contributed by atoms with Crippen LogP contribution in [-0.2, 0) is 13.5 Å². The Morgan fingerprint density at radius 2 is 1.90 bits per heavy atom. The number of imidazole rings is 1. The summed E-state index contributed by atoms with van der Waals surface area (Å²) in [5, 5.41) is 12.0. The molecule has 0 unspecified atom stereocenters. The van der Waals surface area contributed by atoms with Gasteiger partial charge in [0.2, 0.25) is 0 Å². The van der Waals surface area contributed by atoms with Gasteiger partial charge < -0.3 is 9.88 Å². The molecule has 0 saturated carbocycles. The molecule has 98 valence electrons. The van der Waals surface area contributed by atoms with Crippen molar-refractivity contribution in [1.29, 1.82) is 5.26 Å². The van der Waals surface area contributed by atoms with Crippen molar-refractivity contribution in [2.75, 3.05) is 5.32 Å². The second kappa shape index (κ2) is 5.06. The van der Waals surface area contributed by atoms with E-state index in [2.05, 4.69) is 22.4 Å². The Balaban J connectivity index is 1.85. The third kappa shape index (κ3) is 2.34. The minimum atomic E-state index is 0.446. The Morgan fingerprint density at radius 1 is 1.15 bits per heavy atom. The average Bonchev–Trinajstić information content (AvgIpc) is 2.83. The third-order valence-corrected chi connectivity index (χ3v) is 3.25. The highest BCUT2D eigenvalue weighted by atomic mass is 15.0. The summed E-state index contributed by atoms with van der Waals surface area (Å²) in [6.45, 7) is 0. The van der Waals surface area contributed by atoms with Crippen LogP contribution >= 0.6 is 0 Å². The predicted molar refractivity (Wildman–Crippen MR) is 79.8 cm³/mol. The molecule has 0 saturated heterocycles. The minimum Gasteiger partial charge on any atom is -0.355 e. The highest BCUT2D eigenvalue weighted by molar-refractivity contribution is 5.80. The van der Waals surface area contributed by atoms with Crippen LogP contribution in [0.25, 0.3) is 11.0 Å². The van der Waals surface area contributed by atoms with E-state index in [0.29, 0.717) is 6.42 Å². The number of aryl methyl sites for hydroxylation is 1. The van der Waals surface area contributed by atoms with Crippen LogP contribution in [0.4, 0.5) is 11.4 Å². The molecule has 0 atom stereocenters. The molecule has 1 N–H and O–H groups in total. The van der Waals surface area contributed by atoms with Crippen LogP contribution in [0.1, 0.15) is 5.56 Å². The molecule has 4 nitrogen and oxygen atoms in total. The molecule has 0 fully saturated rings. The van der Waals surface area contributed by atoms with Crippen LogP contribution in [-0.4, -0.2) is 9.55 Å². The summed E-state index contributed by atoms with van der Waals surface area (Å²) in [6.07, 6.45) is 2.26. The highest BCUT2D eigenvalue weighted by Crippen LogP contribution is 2.21. The number of nitrogens with one attached hydrogen (secondary N) is 1. The number of nitrogens with zero attached hydrogens (tertiary/aromatic N) is 3. The second-order valence-corrected chi connectivity index (χ2v) is 4.72. The van der Waals surface area contributed by atoms with Gasteiger partial charge in [0.25, 0.3) is 0 Å². The smallest absolute Gasteiger partial charge is 0.0955 e. The summed E-state index contributed by atoms with van der Waals surface area (Å²) in [4.78, 5) is 4.30. The Hall–Kier alpha value is -2.80. The molecule has 0 aliphatic heterocycles. The van der Waals surface area contributed by atoms with Crippen molar-refractivity contribution in [2.24, 2.45) is 7.05 Å². The number of hydrogen-bond donors (Lipinski definition) is 1. The molecule has 0 spiro atoms. The summed E-state index contributed by atoms with van der Waals surface area (Å²) < 4.78 is 2.00. The lowest BCUT2D eigenvalue weighted by atomic mass is 10.1. The predicted octanol–water partition coefficient (Wildman–Crippen LogP) is 3.38. The second-order valence-electron chi connectivity index (χ2n) is 4.72. The highest BCUT2D eigenvalue weighted by Gasteiger charge is 2.01. The van der Waals surface area contributed by atoms with Gasteiger partial charge in [-0.05, 0) is 35.9 Å². The van der Waals surface area contributed by atoms with E-state index in [0.717, 1.165) is 28.0 Å². The molecule has 0 aliphatic carbocycles. The minimum absolute atomic E-state index is 0.446. The number of rotatable bonds is 3. The van der Waals surface area contributed by atoms with E-state index in [4.69, 9.17) is 5.26 Å². The molecule has 0 radical (unpaired) electrons. The maximum atomic E-state index is 8.66. The monoisotopic (exact) mass is 262 g/mol. The maximum Gasteiger partial charge on any atom is 0.0955 e. The van der Waals surface area contributed by atoms with Crippen molar-refractivity contribution >= 4 is 22.4 Å². The number of aromatic nitrogens is 2.